The van der Waals surface area contributed by atoms with Crippen LogP contribution in [0.5, 0.6) is 0 Å². The number of carbonyl (C=O) groups excluding carboxylic acids is 1. The number of carbonyl (C=O) groups is 1. The molecule has 0 saturated carbocycles. The number of piperidine rings is 2. The maximum absolute atomic E-state index is 12.6. The molecule has 0 spiro atoms. The Morgan fingerprint density at radius 3 is 2.81 bits per heavy atom. The van der Waals surface area contributed by atoms with Gasteiger partial charge in [-0.1, -0.05) is 6.07 Å². The minimum atomic E-state index is 0.202. The highest BCUT2D eigenvalue weighted by Gasteiger charge is 2.29. The second-order valence-corrected chi connectivity index (χ2v) is 6.32. The van der Waals surface area contributed by atoms with Crippen molar-refractivity contribution in [3.8, 4) is 0 Å². The van der Waals surface area contributed by atoms with Gasteiger partial charge in [-0.25, -0.2) is 0 Å². The van der Waals surface area contributed by atoms with Crippen LogP contribution >= 0.6 is 0 Å². The molecule has 0 aliphatic carbocycles. The molecule has 0 radical (unpaired) electrons. The lowest BCUT2D eigenvalue weighted by Crippen LogP contribution is -2.46. The van der Waals surface area contributed by atoms with Crippen molar-refractivity contribution in [1.82, 2.24) is 14.8 Å². The van der Waals surface area contributed by atoms with Crippen molar-refractivity contribution in [3.05, 3.63) is 30.1 Å². The van der Waals surface area contributed by atoms with Crippen LogP contribution in [-0.2, 0) is 11.3 Å². The topological polar surface area (TPSA) is 36.4 Å². The van der Waals surface area contributed by atoms with Crippen molar-refractivity contribution in [2.75, 3.05) is 26.2 Å². The summed E-state index contributed by atoms with van der Waals surface area (Å²) in [5.74, 6) is 0.596. The Bertz CT molecular complexity index is 456. The minimum absolute atomic E-state index is 0.202. The summed E-state index contributed by atoms with van der Waals surface area (Å²) < 4.78 is 0. The highest BCUT2D eigenvalue weighted by molar-refractivity contribution is 5.79. The molecule has 1 amide bonds. The molecule has 1 atom stereocenters. The van der Waals surface area contributed by atoms with Gasteiger partial charge in [0.25, 0.3) is 0 Å². The molecule has 2 aliphatic rings. The Morgan fingerprint density at radius 1 is 1.19 bits per heavy atom. The normalized spacial score (nSPS) is 24.0. The van der Waals surface area contributed by atoms with Crippen LogP contribution in [-0.4, -0.2) is 46.9 Å². The molecule has 0 bridgehead atoms. The van der Waals surface area contributed by atoms with Crippen LogP contribution in [0.4, 0.5) is 0 Å². The van der Waals surface area contributed by atoms with E-state index in [0.717, 1.165) is 45.6 Å². The van der Waals surface area contributed by atoms with Crippen molar-refractivity contribution in [2.24, 2.45) is 5.92 Å². The molecule has 2 saturated heterocycles. The maximum Gasteiger partial charge on any atom is 0.226 e. The van der Waals surface area contributed by atoms with Crippen molar-refractivity contribution in [1.29, 1.82) is 0 Å². The summed E-state index contributed by atoms with van der Waals surface area (Å²) >= 11 is 0. The molecule has 21 heavy (non-hydrogen) atoms. The van der Waals surface area contributed by atoms with E-state index in [4.69, 9.17) is 0 Å². The average Bonchev–Trinajstić information content (AvgIpc) is 2.56. The van der Waals surface area contributed by atoms with E-state index in [9.17, 15) is 4.79 Å². The summed E-state index contributed by atoms with van der Waals surface area (Å²) in [7, 11) is 0. The summed E-state index contributed by atoms with van der Waals surface area (Å²) in [5, 5.41) is 0. The van der Waals surface area contributed by atoms with Gasteiger partial charge in [-0.05, 0) is 50.3 Å². The lowest BCUT2D eigenvalue weighted by molar-refractivity contribution is -0.138. The van der Waals surface area contributed by atoms with E-state index in [2.05, 4.69) is 20.9 Å². The van der Waals surface area contributed by atoms with Gasteiger partial charge in [-0.2, -0.15) is 0 Å². The Labute approximate surface area is 127 Å². The first-order chi connectivity index (χ1) is 10.3. The number of nitrogens with zero attached hydrogens (tertiary/aromatic N) is 3. The largest absolute Gasteiger partial charge is 0.342 e. The van der Waals surface area contributed by atoms with Gasteiger partial charge in [-0.15, -0.1) is 0 Å². The van der Waals surface area contributed by atoms with Gasteiger partial charge in [0.15, 0.2) is 0 Å². The van der Waals surface area contributed by atoms with Crippen molar-refractivity contribution in [3.63, 3.8) is 0 Å². The third kappa shape index (κ3) is 3.82. The van der Waals surface area contributed by atoms with Gasteiger partial charge in [0.2, 0.25) is 5.91 Å². The van der Waals surface area contributed by atoms with Crippen molar-refractivity contribution >= 4 is 5.91 Å². The smallest absolute Gasteiger partial charge is 0.226 e. The van der Waals surface area contributed by atoms with E-state index in [1.54, 1.807) is 0 Å². The van der Waals surface area contributed by atoms with Crippen LogP contribution in [0.25, 0.3) is 0 Å². The Morgan fingerprint density at radius 2 is 2.05 bits per heavy atom. The number of pyridine rings is 1. The third-order valence-corrected chi connectivity index (χ3v) is 4.65. The number of aromatic nitrogens is 1. The summed E-state index contributed by atoms with van der Waals surface area (Å²) in [4.78, 5) is 21.3. The van der Waals surface area contributed by atoms with E-state index in [1.165, 1.54) is 24.8 Å². The van der Waals surface area contributed by atoms with Gasteiger partial charge < -0.3 is 4.90 Å². The number of amides is 1. The number of rotatable bonds is 3. The molecular weight excluding hydrogens is 262 g/mol. The second-order valence-electron chi connectivity index (χ2n) is 6.32. The lowest BCUT2D eigenvalue weighted by Gasteiger charge is -2.36. The van der Waals surface area contributed by atoms with Crippen LogP contribution in [0.2, 0.25) is 0 Å². The summed E-state index contributed by atoms with van der Waals surface area (Å²) in [5.41, 5.74) is 1.24. The Hall–Kier alpha value is -1.42. The van der Waals surface area contributed by atoms with E-state index in [-0.39, 0.29) is 5.92 Å². The molecule has 4 nitrogen and oxygen atoms in total. The fourth-order valence-corrected chi connectivity index (χ4v) is 3.52. The first kappa shape index (κ1) is 14.5. The maximum atomic E-state index is 12.6. The van der Waals surface area contributed by atoms with Gasteiger partial charge >= 0.3 is 0 Å². The van der Waals surface area contributed by atoms with Gasteiger partial charge in [0.05, 0.1) is 5.92 Å². The highest BCUT2D eigenvalue weighted by atomic mass is 16.2. The average molecular weight is 287 g/mol. The fourth-order valence-electron chi connectivity index (χ4n) is 3.52. The molecule has 0 N–H and O–H groups in total. The standard InChI is InChI=1S/C17H25N3O/c21-17(20-10-2-1-3-11-20)16-7-5-9-19(14-16)13-15-6-4-8-18-12-15/h4,6,8,12,16H,1-3,5,7,9-11,13-14H2/t16-/m0/s1. The molecule has 0 aromatic carbocycles. The van der Waals surface area contributed by atoms with Crippen molar-refractivity contribution in [2.45, 2.75) is 38.6 Å². The quantitative estimate of drug-likeness (QED) is 0.856. The molecule has 2 fully saturated rings. The first-order valence-electron chi connectivity index (χ1n) is 8.23. The molecule has 2 aliphatic heterocycles. The minimum Gasteiger partial charge on any atom is -0.342 e. The van der Waals surface area contributed by atoms with E-state index in [1.807, 2.05) is 18.5 Å². The van der Waals surface area contributed by atoms with E-state index >= 15 is 0 Å². The van der Waals surface area contributed by atoms with E-state index in [0.29, 0.717) is 5.91 Å². The van der Waals surface area contributed by atoms with Gasteiger partial charge in [0, 0.05) is 38.6 Å². The van der Waals surface area contributed by atoms with Crippen LogP contribution < -0.4 is 0 Å². The zero-order chi connectivity index (χ0) is 14.5. The summed E-state index contributed by atoms with van der Waals surface area (Å²) in [6.07, 6.45) is 9.55. The molecule has 1 aromatic heterocycles. The van der Waals surface area contributed by atoms with Crippen LogP contribution in [0.3, 0.4) is 0 Å². The molecule has 0 unspecified atom stereocenters. The van der Waals surface area contributed by atoms with Crippen LogP contribution in [0.15, 0.2) is 24.5 Å². The van der Waals surface area contributed by atoms with E-state index < -0.39 is 0 Å². The SMILES string of the molecule is O=C([C@H]1CCCN(Cc2cccnc2)C1)N1CCCCC1. The summed E-state index contributed by atoms with van der Waals surface area (Å²) in [6.45, 7) is 4.86. The Balaban J connectivity index is 1.56. The molecular formula is C17H25N3O. The fraction of sp³-hybridized carbons (Fsp3) is 0.647. The molecule has 4 heteroatoms. The van der Waals surface area contributed by atoms with Crippen LogP contribution in [0.1, 0.15) is 37.7 Å². The highest BCUT2D eigenvalue weighted by Crippen LogP contribution is 2.22. The van der Waals surface area contributed by atoms with Gasteiger partial charge in [-0.3, -0.25) is 14.7 Å². The summed E-state index contributed by atoms with van der Waals surface area (Å²) in [6, 6.07) is 4.10. The first-order valence-corrected chi connectivity index (χ1v) is 8.23. The zero-order valence-corrected chi connectivity index (χ0v) is 12.7. The number of hydrogen-bond acceptors (Lipinski definition) is 3. The molecule has 1 aromatic rings. The molecule has 3 heterocycles. The number of likely N-dealkylation sites (tertiary alicyclic amines) is 2. The number of hydrogen-bond donors (Lipinski definition) is 0. The van der Waals surface area contributed by atoms with Crippen LogP contribution in [0, 0.1) is 5.92 Å². The monoisotopic (exact) mass is 287 g/mol. The lowest BCUT2D eigenvalue weighted by atomic mass is 9.95. The zero-order valence-electron chi connectivity index (χ0n) is 12.7. The molecule has 3 rings (SSSR count). The molecule has 114 valence electrons. The predicted octanol–water partition coefficient (Wildman–Crippen LogP) is 2.31. The van der Waals surface area contributed by atoms with Crippen molar-refractivity contribution < 1.29 is 4.79 Å². The predicted molar refractivity (Wildman–Crippen MR) is 82.7 cm³/mol. The Kier molecular flexibility index (Phi) is 4.86. The second kappa shape index (κ2) is 7.03. The third-order valence-electron chi connectivity index (χ3n) is 4.65. The van der Waals surface area contributed by atoms with Gasteiger partial charge in [0.1, 0.15) is 0 Å².